The Morgan fingerprint density at radius 1 is 1.20 bits per heavy atom. The second kappa shape index (κ2) is 5.53. The van der Waals surface area contributed by atoms with Gasteiger partial charge in [-0.05, 0) is 18.9 Å². The molecule has 5 nitrogen and oxygen atoms in total. The zero-order valence-electron chi connectivity index (χ0n) is 12.6. The summed E-state index contributed by atoms with van der Waals surface area (Å²) in [5, 5.41) is 3.66. The fraction of sp³-hybridized carbons (Fsp3) is 0.467. The molecule has 2 heterocycles. The van der Waals surface area contributed by atoms with E-state index >= 15 is 0 Å². The maximum atomic E-state index is 11.7. The first-order valence-corrected chi connectivity index (χ1v) is 6.83. The van der Waals surface area contributed by atoms with Gasteiger partial charge in [0, 0.05) is 23.2 Å². The lowest BCUT2D eigenvalue weighted by Crippen LogP contribution is -2.19. The van der Waals surface area contributed by atoms with Gasteiger partial charge in [0.2, 0.25) is 11.9 Å². The number of carbonyl (C=O) groups excluding carboxylic acids is 1. The number of nitrogens with zero attached hydrogens (tertiary/aromatic N) is 3. The van der Waals surface area contributed by atoms with E-state index in [4.69, 9.17) is 0 Å². The second-order valence-corrected chi connectivity index (χ2v) is 5.56. The number of rotatable bonds is 3. The van der Waals surface area contributed by atoms with Gasteiger partial charge in [0.1, 0.15) is 0 Å². The van der Waals surface area contributed by atoms with E-state index in [-0.39, 0.29) is 11.8 Å². The van der Waals surface area contributed by atoms with Gasteiger partial charge in [-0.15, -0.1) is 0 Å². The molecule has 5 heteroatoms. The number of pyridine rings is 1. The Morgan fingerprint density at radius 3 is 2.50 bits per heavy atom. The first kappa shape index (κ1) is 14.4. The zero-order valence-corrected chi connectivity index (χ0v) is 12.6. The highest BCUT2D eigenvalue weighted by Crippen LogP contribution is 2.21. The summed E-state index contributed by atoms with van der Waals surface area (Å²) in [7, 11) is 0. The monoisotopic (exact) mass is 272 g/mol. The third-order valence-electron chi connectivity index (χ3n) is 3.11. The molecule has 0 aliphatic carbocycles. The summed E-state index contributed by atoms with van der Waals surface area (Å²) in [6.07, 6.45) is 1.73. The van der Waals surface area contributed by atoms with Gasteiger partial charge in [0.15, 0.2) is 0 Å². The maximum absolute atomic E-state index is 11.7. The average Bonchev–Trinajstić information content (AvgIpc) is 2.38. The predicted octanol–water partition coefficient (Wildman–Crippen LogP) is 3.05. The molecule has 20 heavy (non-hydrogen) atoms. The first-order chi connectivity index (χ1) is 9.38. The van der Waals surface area contributed by atoms with Gasteiger partial charge in [-0.3, -0.25) is 15.1 Å². The normalized spacial score (nSPS) is 11.3. The Hall–Kier alpha value is -2.04. The summed E-state index contributed by atoms with van der Waals surface area (Å²) in [4.78, 5) is 24.8. The van der Waals surface area contributed by atoms with Gasteiger partial charge in [0.05, 0.1) is 11.2 Å². The molecule has 0 aromatic carbocycles. The summed E-state index contributed by atoms with van der Waals surface area (Å²) >= 11 is 0. The predicted molar refractivity (Wildman–Crippen MR) is 79.6 cm³/mol. The SMILES string of the molecule is Cc1nc(C(C)C)cc2cnc(NC(=O)C(C)C)nc12. The number of amides is 1. The largest absolute Gasteiger partial charge is 0.294 e. The van der Waals surface area contributed by atoms with Crippen LogP contribution in [0.4, 0.5) is 5.95 Å². The summed E-state index contributed by atoms with van der Waals surface area (Å²) in [5.74, 6) is 0.502. The minimum absolute atomic E-state index is 0.0891. The molecule has 0 spiro atoms. The molecule has 2 aromatic rings. The number of nitrogens with one attached hydrogen (secondary N) is 1. The number of hydrogen-bond donors (Lipinski definition) is 1. The van der Waals surface area contributed by atoms with Crippen molar-refractivity contribution in [2.75, 3.05) is 5.32 Å². The van der Waals surface area contributed by atoms with Crippen molar-refractivity contribution in [1.82, 2.24) is 15.0 Å². The molecule has 2 rings (SSSR count). The Morgan fingerprint density at radius 2 is 1.90 bits per heavy atom. The van der Waals surface area contributed by atoms with Crippen molar-refractivity contribution in [3.63, 3.8) is 0 Å². The molecule has 0 unspecified atom stereocenters. The fourth-order valence-corrected chi connectivity index (χ4v) is 1.84. The standard InChI is InChI=1S/C15H20N4O/c1-8(2)12-6-11-7-16-15(19-14(20)9(3)4)18-13(11)10(5)17-12/h6-9H,1-5H3,(H,16,18,19,20). The number of aryl methyl sites for hydroxylation is 1. The summed E-state index contributed by atoms with van der Waals surface area (Å²) in [6.45, 7) is 9.79. The molecule has 0 fully saturated rings. The zero-order chi connectivity index (χ0) is 14.9. The van der Waals surface area contributed by atoms with Crippen LogP contribution < -0.4 is 5.32 Å². The van der Waals surface area contributed by atoms with E-state index in [2.05, 4.69) is 34.1 Å². The molecule has 0 aliphatic rings. The van der Waals surface area contributed by atoms with Crippen LogP contribution in [0.2, 0.25) is 0 Å². The molecule has 0 saturated heterocycles. The Labute approximate surface area is 118 Å². The van der Waals surface area contributed by atoms with Gasteiger partial charge in [-0.25, -0.2) is 9.97 Å². The molecule has 1 amide bonds. The summed E-state index contributed by atoms with van der Waals surface area (Å²) in [6, 6.07) is 2.00. The van der Waals surface area contributed by atoms with E-state index < -0.39 is 0 Å². The average molecular weight is 272 g/mol. The number of carbonyl (C=O) groups is 1. The van der Waals surface area contributed by atoms with Crippen LogP contribution in [0.15, 0.2) is 12.3 Å². The van der Waals surface area contributed by atoms with Crippen LogP contribution in [0.25, 0.3) is 10.9 Å². The van der Waals surface area contributed by atoms with Crippen molar-refractivity contribution in [1.29, 1.82) is 0 Å². The topological polar surface area (TPSA) is 67.8 Å². The highest BCUT2D eigenvalue weighted by Gasteiger charge is 2.12. The van der Waals surface area contributed by atoms with Crippen LogP contribution in [0.3, 0.4) is 0 Å². The highest BCUT2D eigenvalue weighted by atomic mass is 16.1. The molecule has 0 radical (unpaired) electrons. The van der Waals surface area contributed by atoms with Crippen molar-refractivity contribution >= 4 is 22.8 Å². The van der Waals surface area contributed by atoms with Gasteiger partial charge < -0.3 is 0 Å². The van der Waals surface area contributed by atoms with E-state index in [9.17, 15) is 4.79 Å². The number of hydrogen-bond acceptors (Lipinski definition) is 4. The molecule has 106 valence electrons. The van der Waals surface area contributed by atoms with Crippen LogP contribution in [0, 0.1) is 12.8 Å². The van der Waals surface area contributed by atoms with E-state index in [1.54, 1.807) is 6.20 Å². The summed E-state index contributed by atoms with van der Waals surface area (Å²) < 4.78 is 0. The third-order valence-corrected chi connectivity index (χ3v) is 3.11. The molecule has 1 N–H and O–H groups in total. The van der Waals surface area contributed by atoms with Crippen molar-refractivity contribution < 1.29 is 4.79 Å². The minimum Gasteiger partial charge on any atom is -0.294 e. The summed E-state index contributed by atoms with van der Waals surface area (Å²) in [5.41, 5.74) is 2.66. The van der Waals surface area contributed by atoms with E-state index in [1.807, 2.05) is 26.8 Å². The van der Waals surface area contributed by atoms with Gasteiger partial charge in [0.25, 0.3) is 0 Å². The maximum Gasteiger partial charge on any atom is 0.230 e. The molecular weight excluding hydrogens is 252 g/mol. The van der Waals surface area contributed by atoms with Crippen LogP contribution >= 0.6 is 0 Å². The van der Waals surface area contributed by atoms with E-state index in [1.165, 1.54) is 0 Å². The van der Waals surface area contributed by atoms with Crippen LogP contribution in [0.5, 0.6) is 0 Å². The van der Waals surface area contributed by atoms with Crippen molar-refractivity contribution in [3.05, 3.63) is 23.7 Å². The molecule has 0 aliphatic heterocycles. The lowest BCUT2D eigenvalue weighted by Gasteiger charge is -2.10. The van der Waals surface area contributed by atoms with Crippen molar-refractivity contribution in [2.24, 2.45) is 5.92 Å². The molecule has 0 atom stereocenters. The Balaban J connectivity index is 2.42. The Bertz CT molecular complexity index is 650. The highest BCUT2D eigenvalue weighted by molar-refractivity contribution is 5.91. The van der Waals surface area contributed by atoms with Gasteiger partial charge in [-0.1, -0.05) is 27.7 Å². The minimum atomic E-state index is -0.100. The quantitative estimate of drug-likeness (QED) is 0.932. The smallest absolute Gasteiger partial charge is 0.230 e. The first-order valence-electron chi connectivity index (χ1n) is 6.83. The van der Waals surface area contributed by atoms with Crippen LogP contribution in [-0.2, 0) is 4.79 Å². The van der Waals surface area contributed by atoms with Crippen LogP contribution in [-0.4, -0.2) is 20.9 Å². The molecular formula is C15H20N4O. The number of anilines is 1. The van der Waals surface area contributed by atoms with E-state index in [0.29, 0.717) is 11.9 Å². The third kappa shape index (κ3) is 2.92. The number of aromatic nitrogens is 3. The van der Waals surface area contributed by atoms with Gasteiger partial charge in [-0.2, -0.15) is 0 Å². The van der Waals surface area contributed by atoms with Crippen molar-refractivity contribution in [2.45, 2.75) is 40.5 Å². The molecule has 0 bridgehead atoms. The molecule has 0 saturated carbocycles. The lowest BCUT2D eigenvalue weighted by atomic mass is 10.1. The Kier molecular flexibility index (Phi) is 3.97. The van der Waals surface area contributed by atoms with Crippen LogP contribution in [0.1, 0.15) is 45.0 Å². The molecule has 2 aromatic heterocycles. The van der Waals surface area contributed by atoms with Crippen molar-refractivity contribution in [3.8, 4) is 0 Å². The number of fused-ring (bicyclic) bond motifs is 1. The van der Waals surface area contributed by atoms with E-state index in [0.717, 1.165) is 22.3 Å². The second-order valence-electron chi connectivity index (χ2n) is 5.56. The van der Waals surface area contributed by atoms with Gasteiger partial charge >= 0.3 is 0 Å². The lowest BCUT2D eigenvalue weighted by molar-refractivity contribution is -0.118. The fourth-order valence-electron chi connectivity index (χ4n) is 1.84.